The van der Waals surface area contributed by atoms with Crippen molar-refractivity contribution in [3.05, 3.63) is 95.7 Å². The van der Waals surface area contributed by atoms with Crippen LogP contribution in [0.15, 0.2) is 84.6 Å². The van der Waals surface area contributed by atoms with Gasteiger partial charge in [-0.3, -0.25) is 9.59 Å². The highest BCUT2D eigenvalue weighted by molar-refractivity contribution is 6.46. The lowest BCUT2D eigenvalue weighted by Gasteiger charge is -2.19. The lowest BCUT2D eigenvalue weighted by molar-refractivity contribution is -0.120. The molecule has 0 fully saturated rings. The summed E-state index contributed by atoms with van der Waals surface area (Å²) >= 11 is 0. The second-order valence-electron chi connectivity index (χ2n) is 8.38. The molecule has 0 atom stereocenters. The Morgan fingerprint density at radius 2 is 1.50 bits per heavy atom. The van der Waals surface area contributed by atoms with Crippen LogP contribution in [-0.2, 0) is 9.59 Å². The summed E-state index contributed by atoms with van der Waals surface area (Å²) in [6.07, 6.45) is 0. The Labute approximate surface area is 189 Å². The molecular formula is C27H27N3O2. The fourth-order valence-corrected chi connectivity index (χ4v) is 3.76. The van der Waals surface area contributed by atoms with E-state index in [1.807, 2.05) is 91.8 Å². The molecule has 1 heterocycles. The van der Waals surface area contributed by atoms with Crippen LogP contribution in [0.2, 0.25) is 0 Å². The fraction of sp³-hybridized carbons (Fsp3) is 0.185. The van der Waals surface area contributed by atoms with Crippen LogP contribution in [0.3, 0.4) is 0 Å². The first-order chi connectivity index (χ1) is 15.4. The van der Waals surface area contributed by atoms with Crippen molar-refractivity contribution < 1.29 is 9.59 Å². The Balaban J connectivity index is 1.77. The van der Waals surface area contributed by atoms with E-state index in [0.29, 0.717) is 22.7 Å². The smallest absolute Gasteiger partial charge is 0.282 e. The third-order valence-corrected chi connectivity index (χ3v) is 5.60. The number of carbonyl (C=O) groups excluding carboxylic acids is 2. The molecule has 1 aliphatic rings. The average molecular weight is 426 g/mol. The molecule has 0 aliphatic carbocycles. The molecule has 0 unspecified atom stereocenters. The van der Waals surface area contributed by atoms with Crippen LogP contribution in [-0.4, -0.2) is 25.9 Å². The van der Waals surface area contributed by atoms with E-state index < -0.39 is 0 Å². The highest BCUT2D eigenvalue weighted by Crippen LogP contribution is 2.35. The van der Waals surface area contributed by atoms with Crippen molar-refractivity contribution in [1.29, 1.82) is 0 Å². The average Bonchev–Trinajstić information content (AvgIpc) is 3.04. The summed E-state index contributed by atoms with van der Waals surface area (Å²) < 4.78 is 0. The number of hydrogen-bond donors (Lipinski definition) is 1. The van der Waals surface area contributed by atoms with Crippen molar-refractivity contribution in [2.75, 3.05) is 29.2 Å². The highest BCUT2D eigenvalue weighted by atomic mass is 16.2. The molecule has 1 N–H and O–H groups in total. The maximum atomic E-state index is 13.5. The zero-order chi connectivity index (χ0) is 22.8. The van der Waals surface area contributed by atoms with Gasteiger partial charge in [-0.2, -0.15) is 0 Å². The Hall–Kier alpha value is -3.86. The molecule has 3 aromatic carbocycles. The number of imide groups is 1. The third kappa shape index (κ3) is 4.02. The van der Waals surface area contributed by atoms with Gasteiger partial charge in [0, 0.05) is 25.5 Å². The van der Waals surface area contributed by atoms with E-state index in [1.165, 1.54) is 10.5 Å². The molecule has 0 spiro atoms. The predicted octanol–water partition coefficient (Wildman–Crippen LogP) is 5.27. The van der Waals surface area contributed by atoms with Crippen molar-refractivity contribution in [3.8, 4) is 0 Å². The van der Waals surface area contributed by atoms with Crippen LogP contribution < -0.4 is 15.1 Å². The molecule has 32 heavy (non-hydrogen) atoms. The summed E-state index contributed by atoms with van der Waals surface area (Å²) in [7, 11) is 3.85. The van der Waals surface area contributed by atoms with E-state index in [9.17, 15) is 9.59 Å². The summed E-state index contributed by atoms with van der Waals surface area (Å²) in [6, 6.07) is 24.7. The van der Waals surface area contributed by atoms with Gasteiger partial charge >= 0.3 is 0 Å². The molecule has 3 aromatic rings. The molecule has 5 nitrogen and oxygen atoms in total. The molecular weight excluding hydrogens is 398 g/mol. The van der Waals surface area contributed by atoms with Gasteiger partial charge in [0.05, 0.1) is 11.3 Å². The van der Waals surface area contributed by atoms with Crippen molar-refractivity contribution >= 4 is 34.4 Å². The molecule has 0 saturated carbocycles. The standard InChI is InChI=1S/C27H27N3O2/c1-18(2)19-13-15-21(16-14-19)28-25-24(20-9-6-5-7-10-20)26(31)30(27(25)32)23-12-8-11-22(17-23)29(3)4/h5-18,28H,1-4H3. The second-order valence-corrected chi connectivity index (χ2v) is 8.38. The van der Waals surface area contributed by atoms with Crippen LogP contribution in [0.5, 0.6) is 0 Å². The maximum Gasteiger partial charge on any atom is 0.282 e. The van der Waals surface area contributed by atoms with Crippen molar-refractivity contribution in [2.24, 2.45) is 0 Å². The van der Waals surface area contributed by atoms with Gasteiger partial charge in [0.2, 0.25) is 0 Å². The van der Waals surface area contributed by atoms with E-state index in [1.54, 1.807) is 6.07 Å². The number of amides is 2. The second kappa shape index (κ2) is 8.71. The first-order valence-corrected chi connectivity index (χ1v) is 10.7. The first-order valence-electron chi connectivity index (χ1n) is 10.7. The fourth-order valence-electron chi connectivity index (χ4n) is 3.76. The quantitative estimate of drug-likeness (QED) is 0.547. The molecule has 4 rings (SSSR count). The van der Waals surface area contributed by atoms with Gasteiger partial charge in [0.25, 0.3) is 11.8 Å². The number of anilines is 3. The van der Waals surface area contributed by atoms with E-state index in [0.717, 1.165) is 11.4 Å². The highest BCUT2D eigenvalue weighted by Gasteiger charge is 2.40. The SMILES string of the molecule is CC(C)c1ccc(NC2=C(c3ccccc3)C(=O)N(c3cccc(N(C)C)c3)C2=O)cc1. The molecule has 1 aliphatic heterocycles. The zero-order valence-corrected chi connectivity index (χ0v) is 18.8. The minimum atomic E-state index is -0.363. The maximum absolute atomic E-state index is 13.5. The number of rotatable bonds is 6. The Morgan fingerprint density at radius 3 is 2.12 bits per heavy atom. The van der Waals surface area contributed by atoms with Crippen LogP contribution in [0.1, 0.15) is 30.9 Å². The summed E-state index contributed by atoms with van der Waals surface area (Å²) in [6.45, 7) is 4.27. The molecule has 0 saturated heterocycles. The summed E-state index contributed by atoms with van der Waals surface area (Å²) in [5, 5.41) is 3.23. The van der Waals surface area contributed by atoms with Crippen LogP contribution in [0.4, 0.5) is 17.1 Å². The number of carbonyl (C=O) groups is 2. The molecule has 2 amide bonds. The number of nitrogens with one attached hydrogen (secondary N) is 1. The van der Waals surface area contributed by atoms with Gasteiger partial charge < -0.3 is 10.2 Å². The molecule has 0 aromatic heterocycles. The Bertz CT molecular complexity index is 1180. The number of nitrogens with zero attached hydrogens (tertiary/aromatic N) is 2. The lowest BCUT2D eigenvalue weighted by atomic mass is 10.0. The normalized spacial score (nSPS) is 13.8. The molecule has 0 bridgehead atoms. The minimum absolute atomic E-state index is 0.286. The van der Waals surface area contributed by atoms with E-state index >= 15 is 0 Å². The Kier molecular flexibility index (Phi) is 5.82. The van der Waals surface area contributed by atoms with Gasteiger partial charge in [0.1, 0.15) is 5.70 Å². The first kappa shape index (κ1) is 21.4. The number of hydrogen-bond acceptors (Lipinski definition) is 4. The van der Waals surface area contributed by atoms with Crippen molar-refractivity contribution in [1.82, 2.24) is 0 Å². The van der Waals surface area contributed by atoms with Gasteiger partial charge in [-0.15, -0.1) is 0 Å². The van der Waals surface area contributed by atoms with Crippen molar-refractivity contribution in [2.45, 2.75) is 19.8 Å². The molecule has 5 heteroatoms. The van der Waals surface area contributed by atoms with Crippen LogP contribution in [0.25, 0.3) is 5.57 Å². The van der Waals surface area contributed by atoms with Crippen molar-refractivity contribution in [3.63, 3.8) is 0 Å². The summed E-state index contributed by atoms with van der Waals surface area (Å²) in [5.74, 6) is -0.284. The van der Waals surface area contributed by atoms with Gasteiger partial charge in [0.15, 0.2) is 0 Å². The summed E-state index contributed by atoms with van der Waals surface area (Å²) in [4.78, 5) is 30.3. The van der Waals surface area contributed by atoms with Gasteiger partial charge in [-0.1, -0.05) is 62.4 Å². The molecule has 162 valence electrons. The van der Waals surface area contributed by atoms with Gasteiger partial charge in [-0.05, 0) is 47.4 Å². The largest absolute Gasteiger partial charge is 0.378 e. The minimum Gasteiger partial charge on any atom is -0.378 e. The predicted molar refractivity (Wildman–Crippen MR) is 131 cm³/mol. The van der Waals surface area contributed by atoms with Gasteiger partial charge in [-0.25, -0.2) is 4.90 Å². The molecule has 0 radical (unpaired) electrons. The Morgan fingerprint density at radius 1 is 0.812 bits per heavy atom. The zero-order valence-electron chi connectivity index (χ0n) is 18.8. The topological polar surface area (TPSA) is 52.7 Å². The lowest BCUT2D eigenvalue weighted by Crippen LogP contribution is -2.32. The van der Waals surface area contributed by atoms with E-state index in [4.69, 9.17) is 0 Å². The third-order valence-electron chi connectivity index (χ3n) is 5.60. The number of benzene rings is 3. The summed E-state index contributed by atoms with van der Waals surface area (Å²) in [5.41, 5.74) is 4.80. The van der Waals surface area contributed by atoms with Crippen LogP contribution in [0, 0.1) is 0 Å². The van der Waals surface area contributed by atoms with E-state index in [2.05, 4.69) is 19.2 Å². The van der Waals surface area contributed by atoms with Crippen LogP contribution >= 0.6 is 0 Å². The van der Waals surface area contributed by atoms with E-state index in [-0.39, 0.29) is 17.5 Å². The monoisotopic (exact) mass is 425 g/mol.